The topological polar surface area (TPSA) is 82.7 Å². The van der Waals surface area contributed by atoms with Gasteiger partial charge < -0.3 is 10.6 Å². The van der Waals surface area contributed by atoms with Crippen LogP contribution in [0.15, 0.2) is 48.1 Å². The van der Waals surface area contributed by atoms with Crippen LogP contribution in [0.5, 0.6) is 0 Å². The molecular formula is C15H15N5OS. The number of benzene rings is 1. The minimum atomic E-state index is -0.233. The fourth-order valence-corrected chi connectivity index (χ4v) is 2.82. The number of amides is 2. The van der Waals surface area contributed by atoms with Gasteiger partial charge in [-0.3, -0.25) is 5.10 Å². The van der Waals surface area contributed by atoms with Crippen LogP contribution < -0.4 is 10.6 Å². The molecule has 7 heteroatoms. The van der Waals surface area contributed by atoms with Crippen molar-refractivity contribution in [1.29, 1.82) is 0 Å². The first kappa shape index (κ1) is 14.3. The second-order valence-electron chi connectivity index (χ2n) is 4.59. The highest BCUT2D eigenvalue weighted by atomic mass is 32.1. The highest BCUT2D eigenvalue weighted by Crippen LogP contribution is 2.31. The zero-order chi connectivity index (χ0) is 15.2. The first-order chi connectivity index (χ1) is 10.8. The zero-order valence-electron chi connectivity index (χ0n) is 11.7. The largest absolute Gasteiger partial charge is 0.337 e. The molecule has 0 unspecified atom stereocenters. The molecule has 2 heterocycles. The number of thiophene rings is 1. The lowest BCUT2D eigenvalue weighted by Crippen LogP contribution is -2.30. The van der Waals surface area contributed by atoms with Crippen LogP contribution in [0.2, 0.25) is 0 Å². The number of para-hydroxylation sites is 1. The molecule has 22 heavy (non-hydrogen) atoms. The fraction of sp³-hybridized carbons (Fsp3) is 0.133. The van der Waals surface area contributed by atoms with E-state index in [1.54, 1.807) is 11.3 Å². The predicted octanol–water partition coefficient (Wildman–Crippen LogP) is 2.90. The maximum absolute atomic E-state index is 12.0. The quantitative estimate of drug-likeness (QED) is 0.677. The molecule has 0 spiro atoms. The average Bonchev–Trinajstić information content (AvgIpc) is 3.21. The summed E-state index contributed by atoms with van der Waals surface area (Å²) in [6, 6.07) is 11.6. The van der Waals surface area contributed by atoms with Gasteiger partial charge in [-0.1, -0.05) is 24.3 Å². The van der Waals surface area contributed by atoms with Crippen LogP contribution in [0.25, 0.3) is 10.4 Å². The van der Waals surface area contributed by atoms with E-state index < -0.39 is 0 Å². The van der Waals surface area contributed by atoms with E-state index in [-0.39, 0.29) is 6.03 Å². The first-order valence-electron chi connectivity index (χ1n) is 6.85. The molecule has 3 aromatic rings. The van der Waals surface area contributed by atoms with Crippen molar-refractivity contribution >= 4 is 23.1 Å². The maximum Gasteiger partial charge on any atom is 0.319 e. The molecule has 112 valence electrons. The minimum Gasteiger partial charge on any atom is -0.337 e. The highest BCUT2D eigenvalue weighted by Gasteiger charge is 2.08. The zero-order valence-corrected chi connectivity index (χ0v) is 12.6. The van der Waals surface area contributed by atoms with E-state index in [0.717, 1.165) is 22.0 Å². The number of hydrogen-bond donors (Lipinski definition) is 3. The van der Waals surface area contributed by atoms with E-state index >= 15 is 0 Å². The SMILES string of the molecule is O=C(NCCc1ncn[nH]1)Nc1ccccc1-c1cccs1. The molecule has 0 saturated heterocycles. The number of H-pyrrole nitrogens is 1. The number of aromatic nitrogens is 3. The third kappa shape index (κ3) is 3.50. The summed E-state index contributed by atoms with van der Waals surface area (Å²) < 4.78 is 0. The van der Waals surface area contributed by atoms with Crippen LogP contribution in [-0.2, 0) is 6.42 Å². The molecular weight excluding hydrogens is 298 g/mol. The molecule has 0 atom stereocenters. The van der Waals surface area contributed by atoms with E-state index in [0.29, 0.717) is 13.0 Å². The van der Waals surface area contributed by atoms with E-state index in [9.17, 15) is 4.79 Å². The Morgan fingerprint density at radius 1 is 1.23 bits per heavy atom. The Kier molecular flexibility index (Phi) is 4.45. The number of nitrogens with one attached hydrogen (secondary N) is 3. The lowest BCUT2D eigenvalue weighted by Gasteiger charge is -2.10. The van der Waals surface area contributed by atoms with Crippen LogP contribution in [-0.4, -0.2) is 27.8 Å². The van der Waals surface area contributed by atoms with Gasteiger partial charge in [-0.2, -0.15) is 5.10 Å². The normalized spacial score (nSPS) is 10.4. The van der Waals surface area contributed by atoms with Gasteiger partial charge in [0.2, 0.25) is 0 Å². The van der Waals surface area contributed by atoms with Gasteiger partial charge >= 0.3 is 6.03 Å². The van der Waals surface area contributed by atoms with Crippen LogP contribution in [0.3, 0.4) is 0 Å². The van der Waals surface area contributed by atoms with Gasteiger partial charge in [-0.05, 0) is 17.5 Å². The summed E-state index contributed by atoms with van der Waals surface area (Å²) in [5.74, 6) is 0.749. The summed E-state index contributed by atoms with van der Waals surface area (Å²) in [6.45, 7) is 0.488. The third-order valence-corrected chi connectivity index (χ3v) is 3.98. The van der Waals surface area contributed by atoms with Crippen molar-refractivity contribution in [3.63, 3.8) is 0 Å². The second-order valence-corrected chi connectivity index (χ2v) is 5.53. The average molecular weight is 313 g/mol. The standard InChI is InChI=1S/C15H15N5OS/c21-15(16-8-7-14-17-10-18-20-14)19-12-5-2-1-4-11(12)13-6-3-9-22-13/h1-6,9-10H,7-8H2,(H2,16,19,21)(H,17,18,20). The van der Waals surface area contributed by atoms with Gasteiger partial charge in [0, 0.05) is 23.4 Å². The van der Waals surface area contributed by atoms with Crippen molar-refractivity contribution in [2.75, 3.05) is 11.9 Å². The second kappa shape index (κ2) is 6.86. The number of anilines is 1. The van der Waals surface area contributed by atoms with E-state index in [1.807, 2.05) is 41.8 Å². The molecule has 3 rings (SSSR count). The van der Waals surface area contributed by atoms with Crippen molar-refractivity contribution in [3.05, 3.63) is 53.9 Å². The molecule has 0 bridgehead atoms. The molecule has 0 aliphatic heterocycles. The summed E-state index contributed by atoms with van der Waals surface area (Å²) in [6.07, 6.45) is 2.06. The third-order valence-electron chi connectivity index (χ3n) is 3.07. The molecule has 0 saturated carbocycles. The Balaban J connectivity index is 1.60. The number of carbonyl (C=O) groups is 1. The molecule has 0 fully saturated rings. The minimum absolute atomic E-state index is 0.233. The maximum atomic E-state index is 12.0. The van der Waals surface area contributed by atoms with E-state index in [4.69, 9.17) is 0 Å². The summed E-state index contributed by atoms with van der Waals surface area (Å²) in [7, 11) is 0. The van der Waals surface area contributed by atoms with Crippen LogP contribution in [0, 0.1) is 0 Å². The number of aromatic amines is 1. The van der Waals surface area contributed by atoms with Crippen molar-refractivity contribution < 1.29 is 4.79 Å². The Morgan fingerprint density at radius 2 is 2.14 bits per heavy atom. The van der Waals surface area contributed by atoms with Crippen molar-refractivity contribution in [2.24, 2.45) is 0 Å². The highest BCUT2D eigenvalue weighted by molar-refractivity contribution is 7.13. The number of rotatable bonds is 5. The fourth-order valence-electron chi connectivity index (χ4n) is 2.05. The summed E-state index contributed by atoms with van der Waals surface area (Å²) >= 11 is 1.64. The predicted molar refractivity (Wildman–Crippen MR) is 86.9 cm³/mol. The molecule has 6 nitrogen and oxygen atoms in total. The van der Waals surface area contributed by atoms with Crippen molar-refractivity contribution in [3.8, 4) is 10.4 Å². The monoisotopic (exact) mass is 313 g/mol. The molecule has 1 aromatic carbocycles. The number of hydrogen-bond acceptors (Lipinski definition) is 4. The number of carbonyl (C=O) groups excluding carboxylic acids is 1. The number of urea groups is 1. The van der Waals surface area contributed by atoms with Gasteiger partial charge in [0.15, 0.2) is 0 Å². The van der Waals surface area contributed by atoms with Gasteiger partial charge in [0.05, 0.1) is 5.69 Å². The summed E-state index contributed by atoms with van der Waals surface area (Å²) in [4.78, 5) is 17.1. The van der Waals surface area contributed by atoms with Crippen LogP contribution in [0.1, 0.15) is 5.82 Å². The summed E-state index contributed by atoms with van der Waals surface area (Å²) in [5, 5.41) is 14.2. The lowest BCUT2D eigenvalue weighted by atomic mass is 10.1. The van der Waals surface area contributed by atoms with Crippen LogP contribution in [0.4, 0.5) is 10.5 Å². The van der Waals surface area contributed by atoms with E-state index in [2.05, 4.69) is 25.8 Å². The molecule has 2 amide bonds. The van der Waals surface area contributed by atoms with Gasteiger partial charge in [-0.15, -0.1) is 11.3 Å². The Labute approximate surface area is 131 Å². The lowest BCUT2D eigenvalue weighted by molar-refractivity contribution is 0.252. The Bertz CT molecular complexity index is 724. The Morgan fingerprint density at radius 3 is 2.91 bits per heavy atom. The van der Waals surface area contributed by atoms with Gasteiger partial charge in [0.1, 0.15) is 12.2 Å². The molecule has 0 radical (unpaired) electrons. The number of nitrogens with zero attached hydrogens (tertiary/aromatic N) is 2. The summed E-state index contributed by atoms with van der Waals surface area (Å²) in [5.41, 5.74) is 1.81. The Hall–Kier alpha value is -2.67. The van der Waals surface area contributed by atoms with Gasteiger partial charge in [0.25, 0.3) is 0 Å². The van der Waals surface area contributed by atoms with Crippen molar-refractivity contribution in [2.45, 2.75) is 6.42 Å². The molecule has 3 N–H and O–H groups in total. The van der Waals surface area contributed by atoms with Crippen molar-refractivity contribution in [1.82, 2.24) is 20.5 Å². The van der Waals surface area contributed by atoms with Crippen LogP contribution >= 0.6 is 11.3 Å². The van der Waals surface area contributed by atoms with Gasteiger partial charge in [-0.25, -0.2) is 9.78 Å². The first-order valence-corrected chi connectivity index (χ1v) is 7.73. The molecule has 0 aliphatic rings. The molecule has 0 aliphatic carbocycles. The molecule has 2 aromatic heterocycles. The smallest absolute Gasteiger partial charge is 0.319 e. The van der Waals surface area contributed by atoms with E-state index in [1.165, 1.54) is 6.33 Å².